The quantitative estimate of drug-likeness (QED) is 0.601. The van der Waals surface area contributed by atoms with Crippen molar-refractivity contribution in [2.45, 2.75) is 52.4 Å². The highest BCUT2D eigenvalue weighted by atomic mass is 28.4. The fraction of sp³-hybridized carbons (Fsp3) is 1.00. The molecule has 0 saturated heterocycles. The molecule has 0 radical (unpaired) electrons. The molecule has 0 aromatic carbocycles. The smallest absolute Gasteiger partial charge is 0.184 e. The van der Waals surface area contributed by atoms with Crippen LogP contribution in [0.15, 0.2) is 0 Å². The average molecular weight is 186 g/mol. The summed E-state index contributed by atoms with van der Waals surface area (Å²) in [6.45, 7) is 11.5. The first-order chi connectivity index (χ1) is 5.40. The zero-order valence-electron chi connectivity index (χ0n) is 9.05. The van der Waals surface area contributed by atoms with Crippen LogP contribution in [-0.2, 0) is 4.43 Å². The molecule has 1 rings (SSSR count). The van der Waals surface area contributed by atoms with E-state index in [1.807, 2.05) is 0 Å². The van der Waals surface area contributed by atoms with E-state index in [2.05, 4.69) is 33.5 Å². The molecule has 1 aliphatic carbocycles. The van der Waals surface area contributed by atoms with Gasteiger partial charge in [0.05, 0.1) is 0 Å². The van der Waals surface area contributed by atoms with Gasteiger partial charge in [0.25, 0.3) is 0 Å². The van der Waals surface area contributed by atoms with Crippen molar-refractivity contribution in [3.8, 4) is 0 Å². The van der Waals surface area contributed by atoms with Crippen LogP contribution in [0.3, 0.4) is 0 Å². The first kappa shape index (κ1) is 10.3. The van der Waals surface area contributed by atoms with Crippen molar-refractivity contribution in [3.05, 3.63) is 0 Å². The van der Waals surface area contributed by atoms with Crippen molar-refractivity contribution < 1.29 is 4.43 Å². The summed E-state index contributed by atoms with van der Waals surface area (Å²) in [6, 6.07) is 0. The summed E-state index contributed by atoms with van der Waals surface area (Å²) in [6.07, 6.45) is 3.20. The molecule has 1 saturated carbocycles. The molecule has 0 aliphatic heterocycles. The molecule has 0 spiro atoms. The van der Waals surface area contributed by atoms with Crippen LogP contribution in [0.1, 0.15) is 26.7 Å². The van der Waals surface area contributed by atoms with Gasteiger partial charge in [-0.3, -0.25) is 0 Å². The van der Waals surface area contributed by atoms with E-state index in [9.17, 15) is 0 Å². The molecule has 0 amide bonds. The van der Waals surface area contributed by atoms with Crippen LogP contribution in [0.25, 0.3) is 0 Å². The molecule has 0 N–H and O–H groups in total. The molecule has 3 atom stereocenters. The lowest BCUT2D eigenvalue weighted by atomic mass is 10.00. The van der Waals surface area contributed by atoms with Crippen LogP contribution in [0.2, 0.25) is 19.6 Å². The maximum absolute atomic E-state index is 6.12. The molecule has 1 fully saturated rings. The summed E-state index contributed by atoms with van der Waals surface area (Å²) in [5.41, 5.74) is 0. The first-order valence-electron chi connectivity index (χ1n) is 5.08. The third kappa shape index (κ3) is 2.59. The van der Waals surface area contributed by atoms with E-state index in [0.717, 1.165) is 11.8 Å². The monoisotopic (exact) mass is 186 g/mol. The Morgan fingerprint density at radius 1 is 1.08 bits per heavy atom. The second kappa shape index (κ2) is 3.50. The van der Waals surface area contributed by atoms with E-state index in [0.29, 0.717) is 6.10 Å². The van der Waals surface area contributed by atoms with Crippen LogP contribution < -0.4 is 0 Å². The zero-order chi connectivity index (χ0) is 9.35. The van der Waals surface area contributed by atoms with Gasteiger partial charge >= 0.3 is 0 Å². The first-order valence-corrected chi connectivity index (χ1v) is 8.49. The standard InChI is InChI=1S/C10H22OSi/c1-8-6-7-10(9(8)2)11-12(3,4)5/h8-10H,6-7H2,1-5H3. The molecular formula is C10H22OSi. The lowest BCUT2D eigenvalue weighted by molar-refractivity contribution is 0.148. The lowest BCUT2D eigenvalue weighted by Gasteiger charge is -2.27. The molecule has 0 bridgehead atoms. The van der Waals surface area contributed by atoms with Gasteiger partial charge in [0.1, 0.15) is 0 Å². The van der Waals surface area contributed by atoms with E-state index in [1.165, 1.54) is 12.8 Å². The number of hydrogen-bond acceptors (Lipinski definition) is 1. The largest absolute Gasteiger partial charge is 0.414 e. The Labute approximate surface area is 77.6 Å². The topological polar surface area (TPSA) is 9.23 Å². The van der Waals surface area contributed by atoms with Gasteiger partial charge in [0.15, 0.2) is 8.32 Å². The van der Waals surface area contributed by atoms with Crippen LogP contribution in [0.5, 0.6) is 0 Å². The van der Waals surface area contributed by atoms with E-state index >= 15 is 0 Å². The maximum Gasteiger partial charge on any atom is 0.184 e. The normalized spacial score (nSPS) is 37.2. The van der Waals surface area contributed by atoms with Gasteiger partial charge in [-0.2, -0.15) is 0 Å². The highest BCUT2D eigenvalue weighted by Gasteiger charge is 2.33. The van der Waals surface area contributed by atoms with Crippen LogP contribution in [0, 0.1) is 11.8 Å². The summed E-state index contributed by atoms with van der Waals surface area (Å²) in [5, 5.41) is 0. The highest BCUT2D eigenvalue weighted by molar-refractivity contribution is 6.69. The van der Waals surface area contributed by atoms with Crippen molar-refractivity contribution >= 4 is 8.32 Å². The minimum Gasteiger partial charge on any atom is -0.414 e. The van der Waals surface area contributed by atoms with E-state index in [1.54, 1.807) is 0 Å². The Balaban J connectivity index is 2.44. The Morgan fingerprint density at radius 3 is 2.00 bits per heavy atom. The average Bonchev–Trinajstić information content (AvgIpc) is 2.16. The molecular weight excluding hydrogens is 164 g/mol. The number of hydrogen-bond donors (Lipinski definition) is 0. The summed E-state index contributed by atoms with van der Waals surface area (Å²) in [5.74, 6) is 1.64. The molecule has 0 aromatic heterocycles. The van der Waals surface area contributed by atoms with Crippen molar-refractivity contribution in [2.24, 2.45) is 11.8 Å². The Hall–Kier alpha value is 0.177. The zero-order valence-corrected chi connectivity index (χ0v) is 10.1. The van der Waals surface area contributed by atoms with Gasteiger partial charge in [-0.15, -0.1) is 0 Å². The van der Waals surface area contributed by atoms with Crippen molar-refractivity contribution in [1.82, 2.24) is 0 Å². The molecule has 12 heavy (non-hydrogen) atoms. The van der Waals surface area contributed by atoms with E-state index in [-0.39, 0.29) is 0 Å². The third-order valence-corrected chi connectivity index (χ3v) is 3.91. The second-order valence-corrected chi connectivity index (χ2v) is 9.64. The fourth-order valence-corrected chi connectivity index (χ4v) is 3.18. The summed E-state index contributed by atoms with van der Waals surface area (Å²) in [7, 11) is -1.29. The highest BCUT2D eigenvalue weighted by Crippen LogP contribution is 2.34. The Bertz CT molecular complexity index is 150. The minimum absolute atomic E-state index is 0.562. The molecule has 0 aromatic rings. The van der Waals surface area contributed by atoms with Gasteiger partial charge < -0.3 is 4.43 Å². The SMILES string of the molecule is CC1CCC(O[Si](C)(C)C)C1C. The van der Waals surface area contributed by atoms with Gasteiger partial charge in [0.2, 0.25) is 0 Å². The second-order valence-electron chi connectivity index (χ2n) is 5.18. The van der Waals surface area contributed by atoms with Crippen molar-refractivity contribution in [1.29, 1.82) is 0 Å². The Morgan fingerprint density at radius 2 is 1.67 bits per heavy atom. The minimum atomic E-state index is -1.29. The third-order valence-electron chi connectivity index (χ3n) is 2.90. The van der Waals surface area contributed by atoms with Crippen LogP contribution in [-0.4, -0.2) is 14.4 Å². The molecule has 0 heterocycles. The summed E-state index contributed by atoms with van der Waals surface area (Å²) in [4.78, 5) is 0. The lowest BCUT2D eigenvalue weighted by Crippen LogP contribution is -2.33. The van der Waals surface area contributed by atoms with Crippen molar-refractivity contribution in [2.75, 3.05) is 0 Å². The van der Waals surface area contributed by atoms with Gasteiger partial charge in [-0.1, -0.05) is 13.8 Å². The molecule has 72 valence electrons. The maximum atomic E-state index is 6.12. The summed E-state index contributed by atoms with van der Waals surface area (Å²) < 4.78 is 6.12. The fourth-order valence-electron chi connectivity index (χ4n) is 1.94. The number of rotatable bonds is 2. The molecule has 1 nitrogen and oxygen atoms in total. The van der Waals surface area contributed by atoms with E-state index in [4.69, 9.17) is 4.43 Å². The predicted octanol–water partition coefficient (Wildman–Crippen LogP) is 3.27. The predicted molar refractivity (Wildman–Crippen MR) is 55.8 cm³/mol. The van der Waals surface area contributed by atoms with Gasteiger partial charge in [-0.25, -0.2) is 0 Å². The van der Waals surface area contributed by atoms with Crippen molar-refractivity contribution in [3.63, 3.8) is 0 Å². The molecule has 2 heteroatoms. The van der Waals surface area contributed by atoms with E-state index < -0.39 is 8.32 Å². The van der Waals surface area contributed by atoms with Crippen LogP contribution >= 0.6 is 0 Å². The van der Waals surface area contributed by atoms with Gasteiger partial charge in [0, 0.05) is 6.10 Å². The Kier molecular flexibility index (Phi) is 3.00. The summed E-state index contributed by atoms with van der Waals surface area (Å²) >= 11 is 0. The van der Waals surface area contributed by atoms with Crippen LogP contribution in [0.4, 0.5) is 0 Å². The molecule has 1 aliphatic rings. The van der Waals surface area contributed by atoms with Gasteiger partial charge in [-0.05, 0) is 44.3 Å². The molecule has 3 unspecified atom stereocenters.